The molecule has 0 aliphatic carbocycles. The van der Waals surface area contributed by atoms with Gasteiger partial charge in [-0.15, -0.1) is 0 Å². The third-order valence-electron chi connectivity index (χ3n) is 6.46. The first-order valence-electron chi connectivity index (χ1n) is 13.8. The molecule has 0 unspecified atom stereocenters. The normalized spacial score (nSPS) is 11.0. The van der Waals surface area contributed by atoms with Crippen molar-refractivity contribution in [3.8, 4) is 23.0 Å². The van der Waals surface area contributed by atoms with Crippen molar-refractivity contribution in [2.75, 3.05) is 66.7 Å². The molecule has 2 aromatic carbocycles. The zero-order valence-electron chi connectivity index (χ0n) is 25.3. The van der Waals surface area contributed by atoms with Gasteiger partial charge in [-0.05, 0) is 24.3 Å². The van der Waals surface area contributed by atoms with Crippen molar-refractivity contribution in [1.29, 1.82) is 0 Å². The van der Waals surface area contributed by atoms with Crippen LogP contribution in [0.15, 0.2) is 45.6 Å². The lowest BCUT2D eigenvalue weighted by Crippen LogP contribution is -2.37. The highest BCUT2D eigenvalue weighted by molar-refractivity contribution is 6.10. The highest BCUT2D eigenvalue weighted by atomic mass is 16.5. The molecule has 0 radical (unpaired) electrons. The minimum absolute atomic E-state index is 0.0366. The molecule has 0 atom stereocenters. The predicted octanol–water partition coefficient (Wildman–Crippen LogP) is 0.741. The molecule has 0 fully saturated rings. The first kappa shape index (κ1) is 35.8. The number of methoxy groups -OCH3 is 2. The molecule has 1 aromatic heterocycles. The van der Waals surface area contributed by atoms with Gasteiger partial charge in [0.15, 0.2) is 11.5 Å². The minimum Gasteiger partial charge on any atom is -0.496 e. The maximum absolute atomic E-state index is 13.6. The molecule has 3 rings (SSSR count). The number of rotatable bonds is 20. The molecule has 4 N–H and O–H groups in total. The number of fused-ring (bicyclic) bond motifs is 1. The summed E-state index contributed by atoms with van der Waals surface area (Å²) >= 11 is 0. The molecule has 0 aliphatic heterocycles. The lowest BCUT2D eigenvalue weighted by molar-refractivity contribution is -0.143. The molecule has 0 aliphatic rings. The molecule has 0 spiro atoms. The Labute approximate surface area is 266 Å². The zero-order chi connectivity index (χ0) is 34.7. The maximum Gasteiger partial charge on any atom is 0.347 e. The number of aliphatic carboxylic acids is 4. The molecular formula is C30H32N2O15. The smallest absolute Gasteiger partial charge is 0.347 e. The van der Waals surface area contributed by atoms with Crippen LogP contribution >= 0.6 is 0 Å². The van der Waals surface area contributed by atoms with E-state index in [1.807, 2.05) is 0 Å². The summed E-state index contributed by atoms with van der Waals surface area (Å²) in [4.78, 5) is 73.2. The van der Waals surface area contributed by atoms with Gasteiger partial charge in [0.2, 0.25) is 5.78 Å². The Balaban J connectivity index is 1.93. The molecule has 252 valence electrons. The van der Waals surface area contributed by atoms with Crippen LogP contribution in [0.5, 0.6) is 23.0 Å². The Morgan fingerprint density at radius 3 is 1.70 bits per heavy atom. The molecule has 0 saturated carbocycles. The molecule has 17 heteroatoms. The van der Waals surface area contributed by atoms with Gasteiger partial charge in [0.05, 0.1) is 45.8 Å². The second-order valence-electron chi connectivity index (χ2n) is 9.87. The minimum atomic E-state index is -1.26. The van der Waals surface area contributed by atoms with Crippen LogP contribution in [0.1, 0.15) is 15.9 Å². The summed E-state index contributed by atoms with van der Waals surface area (Å²) in [5, 5.41) is 36.7. The van der Waals surface area contributed by atoms with Gasteiger partial charge in [-0.2, -0.15) is 0 Å². The first-order chi connectivity index (χ1) is 22.3. The van der Waals surface area contributed by atoms with Crippen LogP contribution in [0.25, 0.3) is 11.0 Å². The average molecular weight is 661 g/mol. The van der Waals surface area contributed by atoms with E-state index in [-0.39, 0.29) is 60.3 Å². The van der Waals surface area contributed by atoms with Gasteiger partial charge in [0.1, 0.15) is 35.9 Å². The topological polar surface area (TPSA) is 240 Å². The fourth-order valence-corrected chi connectivity index (χ4v) is 4.41. The number of nitrogens with zero attached hydrogens (tertiary/aromatic N) is 2. The van der Waals surface area contributed by atoms with E-state index in [9.17, 15) is 28.8 Å². The van der Waals surface area contributed by atoms with Crippen LogP contribution in [0.4, 0.5) is 0 Å². The standard InChI is InChI=1S/C30H32N2O15/c1-43-18-10-22(44-2)19-12-20(30(42)47-23(19)11-18)29(41)17-3-4-21(45-7-5-31(13-25(33)34)14-26(35)36)24(9-17)46-8-6-32(15-27(37)38)16-28(39)40/h3-4,9-12H,5-8,13-16H2,1-2H3,(H,33,34)(H,35,36)(H,37,38)(H,39,40). The van der Waals surface area contributed by atoms with Gasteiger partial charge in [-0.3, -0.25) is 33.8 Å². The lowest BCUT2D eigenvalue weighted by atomic mass is 10.0. The van der Waals surface area contributed by atoms with Crippen molar-refractivity contribution in [3.63, 3.8) is 0 Å². The fourth-order valence-electron chi connectivity index (χ4n) is 4.41. The van der Waals surface area contributed by atoms with Crippen LogP contribution in [-0.2, 0) is 19.2 Å². The number of carbonyl (C=O) groups is 5. The second-order valence-corrected chi connectivity index (χ2v) is 9.87. The van der Waals surface area contributed by atoms with Crippen LogP contribution < -0.4 is 24.6 Å². The van der Waals surface area contributed by atoms with Gasteiger partial charge in [-0.25, -0.2) is 4.79 Å². The number of hydrogen-bond acceptors (Lipinski definition) is 13. The van der Waals surface area contributed by atoms with Crippen LogP contribution in [0.2, 0.25) is 0 Å². The van der Waals surface area contributed by atoms with E-state index in [2.05, 4.69) is 0 Å². The number of carbonyl (C=O) groups excluding carboxylic acids is 1. The van der Waals surface area contributed by atoms with E-state index in [4.69, 9.17) is 43.8 Å². The highest BCUT2D eigenvalue weighted by Crippen LogP contribution is 2.32. The average Bonchev–Trinajstić information content (AvgIpc) is 2.99. The van der Waals surface area contributed by atoms with Crippen molar-refractivity contribution < 1.29 is 67.8 Å². The Hall–Kier alpha value is -5.68. The number of benzene rings is 2. The van der Waals surface area contributed by atoms with Gasteiger partial charge in [0.25, 0.3) is 0 Å². The number of ketones is 1. The molecule has 1 heterocycles. The van der Waals surface area contributed by atoms with Gasteiger partial charge < -0.3 is 43.8 Å². The molecular weight excluding hydrogens is 628 g/mol. The quantitative estimate of drug-likeness (QED) is 0.0965. The summed E-state index contributed by atoms with van der Waals surface area (Å²) in [6.07, 6.45) is 0. The van der Waals surface area contributed by atoms with Crippen molar-refractivity contribution in [2.45, 2.75) is 0 Å². The van der Waals surface area contributed by atoms with Crippen molar-refractivity contribution >= 4 is 40.6 Å². The lowest BCUT2D eigenvalue weighted by Gasteiger charge is -2.20. The van der Waals surface area contributed by atoms with Crippen LogP contribution in [-0.4, -0.2) is 127 Å². The zero-order valence-corrected chi connectivity index (χ0v) is 25.3. The third-order valence-corrected chi connectivity index (χ3v) is 6.46. The monoisotopic (exact) mass is 660 g/mol. The molecule has 17 nitrogen and oxygen atoms in total. The van der Waals surface area contributed by atoms with E-state index in [1.165, 1.54) is 44.6 Å². The van der Waals surface area contributed by atoms with E-state index in [1.54, 1.807) is 6.07 Å². The summed E-state index contributed by atoms with van der Waals surface area (Å²) in [7, 11) is 2.81. The Morgan fingerprint density at radius 2 is 1.21 bits per heavy atom. The summed E-state index contributed by atoms with van der Waals surface area (Å²) < 4.78 is 27.4. The third kappa shape index (κ3) is 10.4. The van der Waals surface area contributed by atoms with E-state index >= 15 is 0 Å². The summed E-state index contributed by atoms with van der Waals surface area (Å²) in [5.41, 5.74) is -1.22. The summed E-state index contributed by atoms with van der Waals surface area (Å²) in [5.74, 6) is -5.18. The van der Waals surface area contributed by atoms with Gasteiger partial charge in [-0.1, -0.05) is 0 Å². The first-order valence-corrected chi connectivity index (χ1v) is 13.8. The maximum atomic E-state index is 13.6. The van der Waals surface area contributed by atoms with E-state index < -0.39 is 61.5 Å². The second kappa shape index (κ2) is 16.6. The molecule has 0 bridgehead atoms. The van der Waals surface area contributed by atoms with Crippen molar-refractivity contribution in [3.05, 3.63) is 57.9 Å². The van der Waals surface area contributed by atoms with Crippen molar-refractivity contribution in [1.82, 2.24) is 9.80 Å². The Kier molecular flexibility index (Phi) is 12.6. The Morgan fingerprint density at radius 1 is 0.681 bits per heavy atom. The van der Waals surface area contributed by atoms with Crippen molar-refractivity contribution in [2.24, 2.45) is 0 Å². The largest absolute Gasteiger partial charge is 0.496 e. The number of carboxylic acids is 4. The van der Waals surface area contributed by atoms with Gasteiger partial charge in [0, 0.05) is 30.8 Å². The Bertz CT molecular complexity index is 1670. The summed E-state index contributed by atoms with van der Waals surface area (Å²) in [6.45, 7) is -3.04. The predicted molar refractivity (Wildman–Crippen MR) is 160 cm³/mol. The van der Waals surface area contributed by atoms with Gasteiger partial charge >= 0.3 is 29.5 Å². The molecule has 47 heavy (non-hydrogen) atoms. The highest BCUT2D eigenvalue weighted by Gasteiger charge is 2.21. The van der Waals surface area contributed by atoms with Crippen LogP contribution in [0, 0.1) is 0 Å². The fraction of sp³-hybridized carbons (Fsp3) is 0.333. The van der Waals surface area contributed by atoms with E-state index in [0.29, 0.717) is 11.1 Å². The number of hydrogen-bond donors (Lipinski definition) is 4. The number of ether oxygens (including phenoxy) is 4. The molecule has 0 saturated heterocycles. The number of carboxylic acid groups (broad SMARTS) is 4. The summed E-state index contributed by atoms with van der Waals surface area (Å²) in [6, 6.07) is 8.21. The SMILES string of the molecule is COc1cc(OC)c2cc(C(=O)c3ccc(OCCN(CC(=O)O)CC(=O)O)c(OCCN(CC(=O)O)CC(=O)O)c3)c(=O)oc2c1. The van der Waals surface area contributed by atoms with E-state index in [0.717, 1.165) is 9.80 Å². The van der Waals surface area contributed by atoms with Crippen LogP contribution in [0.3, 0.4) is 0 Å². The molecule has 0 amide bonds. The molecule has 3 aromatic rings.